The van der Waals surface area contributed by atoms with Gasteiger partial charge in [0.1, 0.15) is 0 Å². The predicted octanol–water partition coefficient (Wildman–Crippen LogP) is 4.71. The van der Waals surface area contributed by atoms with Crippen LogP contribution in [0.3, 0.4) is 0 Å². The van der Waals surface area contributed by atoms with Crippen molar-refractivity contribution in [3.8, 4) is 0 Å². The van der Waals surface area contributed by atoms with Gasteiger partial charge in [-0.3, -0.25) is 0 Å². The van der Waals surface area contributed by atoms with Gasteiger partial charge < -0.3 is 18.3 Å². The Hall–Kier alpha value is 0.491. The van der Waals surface area contributed by atoms with Crippen LogP contribution in [-0.4, -0.2) is 59.6 Å². The Labute approximate surface area is 173 Å². The maximum absolute atomic E-state index is 5.60. The first-order chi connectivity index (χ1) is 12.8. The van der Waals surface area contributed by atoms with Crippen molar-refractivity contribution in [2.24, 2.45) is 0 Å². The van der Waals surface area contributed by atoms with Gasteiger partial charge in [-0.25, -0.2) is 0 Å². The first-order valence-electron chi connectivity index (χ1n) is 11.4. The third-order valence-corrected chi connectivity index (χ3v) is 11.1. The van der Waals surface area contributed by atoms with Gasteiger partial charge in [0.2, 0.25) is 0 Å². The molecule has 0 aromatic carbocycles. The van der Waals surface area contributed by atoms with Gasteiger partial charge in [-0.2, -0.15) is 0 Å². The number of hydrogen-bond acceptors (Lipinski definition) is 4. The second-order valence-electron chi connectivity index (χ2n) is 9.15. The van der Waals surface area contributed by atoms with Crippen LogP contribution in [0.25, 0.3) is 0 Å². The quantitative estimate of drug-likeness (QED) is 0.464. The lowest BCUT2D eigenvalue weighted by molar-refractivity contribution is -0.162. The van der Waals surface area contributed by atoms with Gasteiger partial charge in [-0.1, -0.05) is 18.9 Å². The first kappa shape index (κ1) is 25.5. The summed E-state index contributed by atoms with van der Waals surface area (Å²) in [6.07, 6.45) is 10.2. The van der Waals surface area contributed by atoms with Gasteiger partial charge in [0, 0.05) is 36.7 Å². The van der Waals surface area contributed by atoms with E-state index in [-0.39, 0.29) is 6.29 Å². The molecule has 3 saturated heterocycles. The van der Waals surface area contributed by atoms with Crippen LogP contribution in [0.15, 0.2) is 0 Å². The van der Waals surface area contributed by atoms with E-state index < -0.39 is 16.6 Å². The highest BCUT2D eigenvalue weighted by Crippen LogP contribution is 2.21. The monoisotopic (exact) mass is 434 g/mol. The first-order valence-corrected chi connectivity index (χ1v) is 19.0. The molecule has 0 radical (unpaired) electrons. The maximum atomic E-state index is 5.60. The standard InChI is InChI=1S/C9H20O2Si.C6H14OSi.C5H12OSi/c12-8-4-3-7-11-9-5-1-2-6-10-9;1-8(2)6-4-3-5-7-8;1-7(2)5-3-4-6-7/h9H,1-8H2,12H3;3-6H2,1-2H3;3-5H2,1-2H3. The molecule has 1 unspecified atom stereocenters. The van der Waals surface area contributed by atoms with Crippen molar-refractivity contribution in [2.75, 3.05) is 26.4 Å². The fourth-order valence-corrected chi connectivity index (χ4v) is 7.68. The zero-order valence-corrected chi connectivity index (χ0v) is 22.8. The second-order valence-corrected chi connectivity index (χ2v) is 18.8. The van der Waals surface area contributed by atoms with Gasteiger partial charge in [0.25, 0.3) is 0 Å². The summed E-state index contributed by atoms with van der Waals surface area (Å²) in [5, 5.41) is 0. The molecular weight excluding hydrogens is 388 g/mol. The van der Waals surface area contributed by atoms with Gasteiger partial charge in [-0.05, 0) is 76.8 Å². The van der Waals surface area contributed by atoms with E-state index in [9.17, 15) is 0 Å². The van der Waals surface area contributed by atoms with Crippen molar-refractivity contribution >= 4 is 26.9 Å². The molecule has 7 heteroatoms. The minimum absolute atomic E-state index is 0.118. The molecule has 0 bridgehead atoms. The van der Waals surface area contributed by atoms with Crippen LogP contribution in [0.4, 0.5) is 0 Å². The molecule has 1 atom stereocenters. The van der Waals surface area contributed by atoms with Crippen molar-refractivity contribution in [3.63, 3.8) is 0 Å². The molecule has 0 aliphatic carbocycles. The smallest absolute Gasteiger partial charge is 0.186 e. The zero-order valence-electron chi connectivity index (χ0n) is 18.8. The normalized spacial score (nSPS) is 26.4. The van der Waals surface area contributed by atoms with E-state index in [4.69, 9.17) is 18.3 Å². The molecule has 0 spiro atoms. The van der Waals surface area contributed by atoms with Crippen molar-refractivity contribution in [2.45, 2.75) is 102 Å². The maximum Gasteiger partial charge on any atom is 0.186 e. The predicted molar refractivity (Wildman–Crippen MR) is 124 cm³/mol. The number of hydrogen-bond donors (Lipinski definition) is 0. The van der Waals surface area contributed by atoms with E-state index in [2.05, 4.69) is 26.2 Å². The molecule has 0 saturated carbocycles. The van der Waals surface area contributed by atoms with E-state index in [1.165, 1.54) is 73.3 Å². The average Bonchev–Trinajstić information content (AvgIpc) is 3.05. The fourth-order valence-electron chi connectivity index (χ4n) is 3.40. The molecule has 4 nitrogen and oxygen atoms in total. The van der Waals surface area contributed by atoms with Crippen LogP contribution in [0, 0.1) is 0 Å². The second kappa shape index (κ2) is 14.5. The highest BCUT2D eigenvalue weighted by atomic mass is 28.4. The molecule has 3 aliphatic heterocycles. The van der Waals surface area contributed by atoms with Gasteiger partial charge in [0.15, 0.2) is 22.9 Å². The summed E-state index contributed by atoms with van der Waals surface area (Å²) in [5.74, 6) is 0. The molecule has 3 aliphatic rings. The van der Waals surface area contributed by atoms with E-state index in [0.717, 1.165) is 32.8 Å². The Morgan fingerprint density at radius 3 is 1.85 bits per heavy atom. The summed E-state index contributed by atoms with van der Waals surface area (Å²) in [6, 6.07) is 4.13. The Balaban J connectivity index is 0.000000212. The minimum Gasteiger partial charge on any atom is -0.417 e. The summed E-state index contributed by atoms with van der Waals surface area (Å²) in [4.78, 5) is 0. The topological polar surface area (TPSA) is 36.9 Å². The van der Waals surface area contributed by atoms with E-state index >= 15 is 0 Å². The highest BCUT2D eigenvalue weighted by molar-refractivity contribution is 6.71. The molecular formula is C20H46O4Si3. The van der Waals surface area contributed by atoms with Gasteiger partial charge in [0.05, 0.1) is 0 Å². The van der Waals surface area contributed by atoms with E-state index in [1.54, 1.807) is 0 Å². The van der Waals surface area contributed by atoms with E-state index in [0.29, 0.717) is 0 Å². The Bertz CT molecular complexity index is 345. The minimum atomic E-state index is -1.09. The van der Waals surface area contributed by atoms with Crippen molar-refractivity contribution < 1.29 is 18.3 Å². The van der Waals surface area contributed by atoms with Crippen LogP contribution in [0.1, 0.15) is 51.4 Å². The third kappa shape index (κ3) is 14.2. The van der Waals surface area contributed by atoms with Crippen LogP contribution >= 0.6 is 0 Å². The molecule has 0 amide bonds. The molecule has 162 valence electrons. The summed E-state index contributed by atoms with van der Waals surface area (Å²) in [7, 11) is -0.802. The van der Waals surface area contributed by atoms with Crippen LogP contribution in [0.2, 0.25) is 44.3 Å². The Kier molecular flexibility index (Phi) is 13.7. The summed E-state index contributed by atoms with van der Waals surface area (Å²) in [5.41, 5.74) is 0. The molecule has 3 rings (SSSR count). The number of ether oxygens (including phenoxy) is 2. The highest BCUT2D eigenvalue weighted by Gasteiger charge is 2.26. The SMILES string of the molecule is C[Si]1(C)CCCCO1.C[Si]1(C)CCCO1.[SiH3]CCCCOC1CCCCO1. The average molecular weight is 435 g/mol. The fraction of sp³-hybridized carbons (Fsp3) is 1.00. The van der Waals surface area contributed by atoms with Crippen LogP contribution in [-0.2, 0) is 18.3 Å². The molecule has 0 aromatic heterocycles. The number of rotatable bonds is 5. The van der Waals surface area contributed by atoms with Crippen molar-refractivity contribution in [1.29, 1.82) is 0 Å². The Morgan fingerprint density at radius 2 is 1.44 bits per heavy atom. The van der Waals surface area contributed by atoms with Gasteiger partial charge in [-0.15, -0.1) is 0 Å². The summed E-state index contributed by atoms with van der Waals surface area (Å²) >= 11 is 0. The van der Waals surface area contributed by atoms with E-state index in [1.807, 2.05) is 0 Å². The largest absolute Gasteiger partial charge is 0.417 e. The van der Waals surface area contributed by atoms with Crippen LogP contribution in [0.5, 0.6) is 0 Å². The summed E-state index contributed by atoms with van der Waals surface area (Å²) < 4.78 is 22.1. The zero-order chi connectivity index (χ0) is 20.0. The number of unbranched alkanes of at least 4 members (excludes halogenated alkanes) is 1. The molecule has 0 aromatic rings. The van der Waals surface area contributed by atoms with Crippen LogP contribution < -0.4 is 0 Å². The molecule has 3 fully saturated rings. The third-order valence-electron chi connectivity index (χ3n) is 5.27. The van der Waals surface area contributed by atoms with Gasteiger partial charge >= 0.3 is 0 Å². The summed E-state index contributed by atoms with van der Waals surface area (Å²) in [6.45, 7) is 13.0. The molecule has 3 heterocycles. The molecule has 27 heavy (non-hydrogen) atoms. The Morgan fingerprint density at radius 1 is 0.815 bits per heavy atom. The van der Waals surface area contributed by atoms with Crippen molar-refractivity contribution in [3.05, 3.63) is 0 Å². The lowest BCUT2D eigenvalue weighted by Crippen LogP contribution is -2.33. The van der Waals surface area contributed by atoms with Crippen molar-refractivity contribution in [1.82, 2.24) is 0 Å². The lowest BCUT2D eigenvalue weighted by Gasteiger charge is -2.27. The lowest BCUT2D eigenvalue weighted by atomic mass is 10.2. The molecule has 0 N–H and O–H groups in total.